The number of carbonyl (C=O) groups is 9. The maximum Gasteiger partial charge on any atom is 0.335 e. The van der Waals surface area contributed by atoms with Crippen LogP contribution in [0.4, 0.5) is 0 Å². The zero-order chi connectivity index (χ0) is 54.6. The van der Waals surface area contributed by atoms with Crippen LogP contribution in [0.1, 0.15) is 146 Å². The summed E-state index contributed by atoms with van der Waals surface area (Å²) in [5.41, 5.74) is 6.26. The molecule has 3 amide bonds. The van der Waals surface area contributed by atoms with Gasteiger partial charge in [-0.1, -0.05) is 32.1 Å². The van der Waals surface area contributed by atoms with Crippen molar-refractivity contribution in [1.82, 2.24) is 21.3 Å². The van der Waals surface area contributed by atoms with E-state index >= 15 is 0 Å². The van der Waals surface area contributed by atoms with Gasteiger partial charge in [0, 0.05) is 52.0 Å². The third-order valence-electron chi connectivity index (χ3n) is 11.5. The monoisotopic (exact) mass is 1050 g/mol. The Hall–Kier alpha value is -5.23. The van der Waals surface area contributed by atoms with Gasteiger partial charge in [0.15, 0.2) is 5.78 Å². The summed E-state index contributed by atoms with van der Waals surface area (Å²) in [6.45, 7) is 3.38. The first-order valence-electron chi connectivity index (χ1n) is 26.1. The van der Waals surface area contributed by atoms with Crippen LogP contribution < -0.4 is 31.7 Å². The molecule has 0 spiro atoms. The van der Waals surface area contributed by atoms with Gasteiger partial charge in [-0.05, 0) is 102 Å². The molecule has 3 atom stereocenters. The molecule has 74 heavy (non-hydrogen) atoms. The number of benzene rings is 1. The lowest BCUT2D eigenvalue weighted by Crippen LogP contribution is -2.41. The molecule has 0 unspecified atom stereocenters. The number of carboxylic acids is 2. The summed E-state index contributed by atoms with van der Waals surface area (Å²) < 4.78 is 27.3. The number of amides is 3. The molecule has 1 rings (SSSR count). The van der Waals surface area contributed by atoms with Crippen LogP contribution in [0.15, 0.2) is 24.3 Å². The quantitative estimate of drug-likeness (QED) is 0.0435. The van der Waals surface area contributed by atoms with Gasteiger partial charge >= 0.3 is 11.9 Å². The molecule has 0 bridgehead atoms. The second kappa shape index (κ2) is 44.1. The Morgan fingerprint density at radius 2 is 1.09 bits per heavy atom. The van der Waals surface area contributed by atoms with Gasteiger partial charge in [0.05, 0.1) is 57.2 Å². The number of ether oxygens (including phenoxy) is 5. The highest BCUT2D eigenvalue weighted by molar-refractivity contribution is 5.88. The number of aliphatic carboxylic acids is 1. The smallest absolute Gasteiger partial charge is 0.335 e. The number of aliphatic hydroxyl groups excluding tert-OH is 1. The number of carboxylic acid groups (broad SMARTS) is 2. The fraction of sp³-hybridized carbons (Fsp3) is 0.712. The largest absolute Gasteiger partial charge is 0.494 e. The third kappa shape index (κ3) is 37.5. The Balaban J connectivity index is 1.95. The van der Waals surface area contributed by atoms with Crippen molar-refractivity contribution in [3.63, 3.8) is 0 Å². The number of carbonyl (C=O) groups excluding carboxylic acids is 7. The molecule has 22 heteroatoms. The molecule has 9 N–H and O–H groups in total. The highest BCUT2D eigenvalue weighted by atomic mass is 16.5. The van der Waals surface area contributed by atoms with Crippen LogP contribution in [0.2, 0.25) is 0 Å². The molecule has 420 valence electrons. The van der Waals surface area contributed by atoms with Crippen LogP contribution in [-0.4, -0.2) is 172 Å². The lowest BCUT2D eigenvalue weighted by atomic mass is 10.0. The van der Waals surface area contributed by atoms with E-state index in [-0.39, 0.29) is 131 Å². The minimum atomic E-state index is -1.19. The zero-order valence-electron chi connectivity index (χ0n) is 43.5. The van der Waals surface area contributed by atoms with Gasteiger partial charge in [-0.25, -0.2) is 9.59 Å². The summed E-state index contributed by atoms with van der Waals surface area (Å²) in [4.78, 5) is 107. The summed E-state index contributed by atoms with van der Waals surface area (Å²) in [7, 11) is 0. The Morgan fingerprint density at radius 3 is 1.66 bits per heavy atom. The average molecular weight is 1050 g/mol. The van der Waals surface area contributed by atoms with Crippen LogP contribution in [0.3, 0.4) is 0 Å². The first-order valence-corrected chi connectivity index (χ1v) is 26.1. The first-order chi connectivity index (χ1) is 35.6. The maximum atomic E-state index is 12.4. The average Bonchev–Trinajstić information content (AvgIpc) is 3.37. The second-order valence-corrected chi connectivity index (χ2v) is 18.0. The Labute approximate surface area is 435 Å². The van der Waals surface area contributed by atoms with Gasteiger partial charge in [0.2, 0.25) is 17.7 Å². The van der Waals surface area contributed by atoms with Crippen LogP contribution in [-0.2, 0) is 57.3 Å². The van der Waals surface area contributed by atoms with Crippen molar-refractivity contribution < 1.29 is 82.2 Å². The number of hydrogen-bond donors (Lipinski definition) is 8. The van der Waals surface area contributed by atoms with Crippen molar-refractivity contribution >= 4 is 52.8 Å². The summed E-state index contributed by atoms with van der Waals surface area (Å²) in [6.07, 6.45) is 11.4. The number of nitrogens with one attached hydrogen (secondary N) is 4. The number of aromatic carboxylic acids is 1. The number of unbranched alkanes of at least 4 members (excludes halogenated alkanes) is 8. The predicted octanol–water partition coefficient (Wildman–Crippen LogP) is 3.01. The van der Waals surface area contributed by atoms with E-state index in [0.29, 0.717) is 89.8 Å². The lowest BCUT2D eigenvalue weighted by Gasteiger charge is -2.15. The number of ketones is 4. The van der Waals surface area contributed by atoms with Gasteiger partial charge in [-0.3, -0.25) is 33.6 Å². The van der Waals surface area contributed by atoms with E-state index in [9.17, 15) is 48.3 Å². The molecule has 1 aromatic carbocycles. The van der Waals surface area contributed by atoms with E-state index in [1.165, 1.54) is 19.1 Å². The minimum absolute atomic E-state index is 0.00171. The number of nitrogens with two attached hydrogens (primary N) is 1. The van der Waals surface area contributed by atoms with E-state index in [1.807, 2.05) is 0 Å². The van der Waals surface area contributed by atoms with Crippen molar-refractivity contribution in [3.8, 4) is 5.75 Å². The van der Waals surface area contributed by atoms with Gasteiger partial charge < -0.3 is 66.0 Å². The molecule has 0 saturated carbocycles. The topological polar surface area (TPSA) is 335 Å². The standard InChI is InChI=1S/C52H85N5O17/c1-39(59)35-56-44(47(62)36-58)17-9-11-27-55-50(65)38-73-34-32-71-29-14-18-46(61)43(53)16-8-10-26-54-49(64)37-72-33-31-70-28-13-15-41(60)22-25-45(52(68)69)57-48(63)19-7-5-3-2-4-6-12-30-74-42-23-20-40(21-24-42)51(66)67/h20-21,23-24,43-45,56,58H,2-19,22,25-38,53H2,1H3,(H,54,64)(H,55,65)(H,57,63)(H,66,67)(H,68,69)/t43-,44-,45-/m0/s1. The second-order valence-electron chi connectivity index (χ2n) is 18.0. The van der Waals surface area contributed by atoms with Gasteiger partial charge in [-0.15, -0.1) is 0 Å². The Kier molecular flexibility index (Phi) is 39.8. The molecule has 0 fully saturated rings. The van der Waals surface area contributed by atoms with E-state index in [0.717, 1.165) is 38.5 Å². The van der Waals surface area contributed by atoms with Gasteiger partial charge in [0.25, 0.3) is 0 Å². The van der Waals surface area contributed by atoms with Crippen LogP contribution in [0.5, 0.6) is 5.75 Å². The van der Waals surface area contributed by atoms with Crippen LogP contribution >= 0.6 is 0 Å². The van der Waals surface area contributed by atoms with Crippen molar-refractivity contribution in [3.05, 3.63) is 29.8 Å². The SMILES string of the molecule is CC(=O)CN[C@@H](CCCCNC(=O)COCCOCCCC(=O)[C@@H](N)CCCCNC(=O)COCCOCCCC(=O)CC[C@H](NC(=O)CCCCCCCCCOc1ccc(C(=O)O)cc1)C(=O)O)C(=O)CO. The number of Topliss-reactive ketones (excluding diaryl/α,β-unsaturated/α-hetero) is 4. The number of hydrogen-bond acceptors (Lipinski definition) is 17. The van der Waals surface area contributed by atoms with Crippen LogP contribution in [0.25, 0.3) is 0 Å². The highest BCUT2D eigenvalue weighted by Gasteiger charge is 2.21. The van der Waals surface area contributed by atoms with E-state index in [4.69, 9.17) is 39.6 Å². The molecule has 0 aliphatic rings. The van der Waals surface area contributed by atoms with Gasteiger partial charge in [-0.2, -0.15) is 0 Å². The normalized spacial score (nSPS) is 12.3. The number of aliphatic hydroxyl groups is 1. The molecule has 0 heterocycles. The lowest BCUT2D eigenvalue weighted by molar-refractivity contribution is -0.142. The molecule has 0 radical (unpaired) electrons. The fourth-order valence-corrected chi connectivity index (χ4v) is 7.22. The summed E-state index contributed by atoms with van der Waals surface area (Å²) in [6, 6.07) is 3.93. The molecule has 0 saturated heterocycles. The molecule has 0 aliphatic heterocycles. The van der Waals surface area contributed by atoms with Crippen molar-refractivity contribution in [2.75, 3.05) is 85.7 Å². The third-order valence-corrected chi connectivity index (χ3v) is 11.5. The van der Waals surface area contributed by atoms with E-state index in [1.54, 1.807) is 12.1 Å². The van der Waals surface area contributed by atoms with E-state index < -0.39 is 36.7 Å². The molecule has 1 aromatic rings. The van der Waals surface area contributed by atoms with Gasteiger partial charge in [0.1, 0.15) is 49.0 Å². The maximum absolute atomic E-state index is 12.4. The Morgan fingerprint density at radius 1 is 0.541 bits per heavy atom. The van der Waals surface area contributed by atoms with E-state index in [2.05, 4.69) is 21.3 Å². The van der Waals surface area contributed by atoms with Crippen LogP contribution in [0, 0.1) is 0 Å². The fourth-order valence-electron chi connectivity index (χ4n) is 7.22. The van der Waals surface area contributed by atoms with Crippen molar-refractivity contribution in [1.29, 1.82) is 0 Å². The highest BCUT2D eigenvalue weighted by Crippen LogP contribution is 2.14. The molecule has 0 aliphatic carbocycles. The summed E-state index contributed by atoms with van der Waals surface area (Å²) in [5, 5.41) is 38.5. The summed E-state index contributed by atoms with van der Waals surface area (Å²) >= 11 is 0. The Bertz CT molecular complexity index is 1780. The van der Waals surface area contributed by atoms with Crippen molar-refractivity contribution in [2.24, 2.45) is 5.73 Å². The summed E-state index contributed by atoms with van der Waals surface area (Å²) in [5.74, 6) is -3.16. The van der Waals surface area contributed by atoms with Crippen molar-refractivity contribution in [2.45, 2.75) is 153 Å². The number of rotatable bonds is 51. The minimum Gasteiger partial charge on any atom is -0.494 e. The molecule has 0 aromatic heterocycles. The molecular formula is C52H85N5O17. The first kappa shape index (κ1) is 66.8. The molecule has 22 nitrogen and oxygen atoms in total. The predicted molar refractivity (Wildman–Crippen MR) is 273 cm³/mol. The molecular weight excluding hydrogens is 967 g/mol. The zero-order valence-corrected chi connectivity index (χ0v) is 43.5.